The summed E-state index contributed by atoms with van der Waals surface area (Å²) in [5.41, 5.74) is 7.78. The standard InChI is InChI=1S/C21H14F3N7O/c22-16-5-11(1-4-15(16)20-28-29-21(32-20)19(23)24)9-31-10-17(27-30-31)12-2-3-13-8-26-18(25)7-14(13)6-12/h1-8,10,19H,9H2,(H2,25,26). The number of hydrogen-bond acceptors (Lipinski definition) is 7. The van der Waals surface area contributed by atoms with E-state index in [0.717, 1.165) is 16.3 Å². The lowest BCUT2D eigenvalue weighted by atomic mass is 10.1. The summed E-state index contributed by atoms with van der Waals surface area (Å²) in [5.74, 6) is -1.41. The predicted octanol–water partition coefficient (Wildman–Crippen LogP) is 4.25. The monoisotopic (exact) mass is 437 g/mol. The Morgan fingerprint density at radius 1 is 1.00 bits per heavy atom. The minimum atomic E-state index is -2.92. The fraction of sp³-hybridized carbons (Fsp3) is 0.0952. The Kier molecular flexibility index (Phi) is 4.77. The molecule has 5 rings (SSSR count). The van der Waals surface area contributed by atoms with Gasteiger partial charge in [0.25, 0.3) is 11.8 Å². The van der Waals surface area contributed by atoms with Crippen molar-refractivity contribution in [3.8, 4) is 22.7 Å². The Bertz CT molecular complexity index is 1430. The van der Waals surface area contributed by atoms with E-state index in [1.54, 1.807) is 29.2 Å². The second kappa shape index (κ2) is 7.76. The van der Waals surface area contributed by atoms with E-state index < -0.39 is 18.1 Å². The summed E-state index contributed by atoms with van der Waals surface area (Å²) in [6.07, 6.45) is 0.521. The van der Waals surface area contributed by atoms with Gasteiger partial charge in [0.1, 0.15) is 17.3 Å². The molecule has 0 saturated carbocycles. The number of anilines is 1. The summed E-state index contributed by atoms with van der Waals surface area (Å²) in [6, 6.07) is 11.8. The van der Waals surface area contributed by atoms with Crippen LogP contribution >= 0.6 is 0 Å². The molecule has 0 aliphatic rings. The highest BCUT2D eigenvalue weighted by Gasteiger charge is 2.19. The summed E-state index contributed by atoms with van der Waals surface area (Å²) >= 11 is 0. The zero-order chi connectivity index (χ0) is 22.2. The molecule has 0 radical (unpaired) electrons. The molecule has 0 spiro atoms. The van der Waals surface area contributed by atoms with Crippen molar-refractivity contribution in [1.29, 1.82) is 0 Å². The van der Waals surface area contributed by atoms with Gasteiger partial charge in [-0.25, -0.2) is 14.1 Å². The van der Waals surface area contributed by atoms with Crippen molar-refractivity contribution in [2.24, 2.45) is 0 Å². The van der Waals surface area contributed by atoms with Crippen molar-refractivity contribution in [2.45, 2.75) is 13.0 Å². The lowest BCUT2D eigenvalue weighted by Gasteiger charge is -2.04. The Hall–Kier alpha value is -4.28. The molecular weight excluding hydrogens is 423 g/mol. The minimum Gasteiger partial charge on any atom is -0.415 e. The van der Waals surface area contributed by atoms with Crippen LogP contribution in [0.15, 0.2) is 59.3 Å². The van der Waals surface area contributed by atoms with Gasteiger partial charge in [-0.1, -0.05) is 23.4 Å². The van der Waals surface area contributed by atoms with E-state index in [1.165, 1.54) is 12.1 Å². The van der Waals surface area contributed by atoms with E-state index in [1.807, 2.05) is 18.2 Å². The molecule has 2 N–H and O–H groups in total. The second-order valence-electron chi connectivity index (χ2n) is 7.03. The highest BCUT2D eigenvalue weighted by molar-refractivity contribution is 5.87. The molecule has 3 aromatic heterocycles. The zero-order valence-electron chi connectivity index (χ0n) is 16.3. The van der Waals surface area contributed by atoms with Gasteiger partial charge in [-0.05, 0) is 35.2 Å². The number of pyridine rings is 1. The molecule has 3 heterocycles. The maximum Gasteiger partial charge on any atom is 0.314 e. The van der Waals surface area contributed by atoms with Crippen LogP contribution in [-0.2, 0) is 6.54 Å². The van der Waals surface area contributed by atoms with Crippen molar-refractivity contribution >= 4 is 16.6 Å². The summed E-state index contributed by atoms with van der Waals surface area (Å²) in [4.78, 5) is 4.07. The number of nitrogen functional groups attached to an aromatic ring is 1. The molecule has 2 aromatic carbocycles. The third-order valence-corrected chi connectivity index (χ3v) is 4.81. The van der Waals surface area contributed by atoms with Gasteiger partial charge >= 0.3 is 6.43 Å². The number of alkyl halides is 2. The number of nitrogens with two attached hydrogens (primary N) is 1. The van der Waals surface area contributed by atoms with Crippen LogP contribution in [0.2, 0.25) is 0 Å². The van der Waals surface area contributed by atoms with E-state index in [4.69, 9.17) is 10.2 Å². The molecule has 0 atom stereocenters. The molecule has 8 nitrogen and oxygen atoms in total. The number of benzene rings is 2. The highest BCUT2D eigenvalue weighted by Crippen LogP contribution is 2.27. The second-order valence-corrected chi connectivity index (χ2v) is 7.03. The average Bonchev–Trinajstić information content (AvgIpc) is 3.43. The topological polar surface area (TPSA) is 109 Å². The molecule has 0 fully saturated rings. The van der Waals surface area contributed by atoms with E-state index in [9.17, 15) is 13.2 Å². The molecule has 0 aliphatic heterocycles. The van der Waals surface area contributed by atoms with Crippen molar-refractivity contribution in [3.63, 3.8) is 0 Å². The number of halogens is 3. The molecule has 0 bridgehead atoms. The van der Waals surface area contributed by atoms with Crippen molar-refractivity contribution < 1.29 is 17.6 Å². The highest BCUT2D eigenvalue weighted by atomic mass is 19.3. The summed E-state index contributed by atoms with van der Waals surface area (Å²) in [7, 11) is 0. The Morgan fingerprint density at radius 2 is 1.88 bits per heavy atom. The number of rotatable bonds is 5. The zero-order valence-corrected chi connectivity index (χ0v) is 16.3. The lowest BCUT2D eigenvalue weighted by Crippen LogP contribution is -2.01. The Morgan fingerprint density at radius 3 is 2.66 bits per heavy atom. The fourth-order valence-electron chi connectivity index (χ4n) is 3.27. The maximum atomic E-state index is 14.5. The first-order valence-electron chi connectivity index (χ1n) is 9.42. The quantitative estimate of drug-likeness (QED) is 0.438. The largest absolute Gasteiger partial charge is 0.415 e. The minimum absolute atomic E-state index is 0.0580. The first-order chi connectivity index (χ1) is 15.5. The van der Waals surface area contributed by atoms with Gasteiger partial charge in [0, 0.05) is 17.1 Å². The van der Waals surface area contributed by atoms with Gasteiger partial charge in [-0.15, -0.1) is 15.3 Å². The number of hydrogen-bond donors (Lipinski definition) is 1. The van der Waals surface area contributed by atoms with Gasteiger partial charge < -0.3 is 10.2 Å². The van der Waals surface area contributed by atoms with Gasteiger partial charge in [-0.3, -0.25) is 0 Å². The third kappa shape index (κ3) is 3.75. The van der Waals surface area contributed by atoms with Gasteiger partial charge in [0.15, 0.2) is 0 Å². The Labute approximate surface area is 178 Å². The number of nitrogens with zero attached hydrogens (tertiary/aromatic N) is 6. The Balaban J connectivity index is 1.37. The van der Waals surface area contributed by atoms with Gasteiger partial charge in [0.2, 0.25) is 0 Å². The smallest absolute Gasteiger partial charge is 0.314 e. The number of fused-ring (bicyclic) bond motifs is 1. The molecular formula is C21H14F3N7O. The van der Waals surface area contributed by atoms with E-state index in [0.29, 0.717) is 17.1 Å². The molecule has 0 amide bonds. The summed E-state index contributed by atoms with van der Waals surface area (Å²) in [6.45, 7) is 0.251. The fourth-order valence-corrected chi connectivity index (χ4v) is 3.27. The molecule has 32 heavy (non-hydrogen) atoms. The van der Waals surface area contributed by atoms with Crippen molar-refractivity contribution in [3.05, 3.63) is 72.1 Å². The number of aromatic nitrogens is 6. The summed E-state index contributed by atoms with van der Waals surface area (Å²) in [5, 5.41) is 16.9. The molecule has 0 aliphatic carbocycles. The van der Waals surface area contributed by atoms with E-state index in [-0.39, 0.29) is 18.0 Å². The van der Waals surface area contributed by atoms with Crippen LogP contribution in [0.25, 0.3) is 33.5 Å². The first-order valence-corrected chi connectivity index (χ1v) is 9.42. The molecule has 0 saturated heterocycles. The molecule has 0 unspecified atom stereocenters. The lowest BCUT2D eigenvalue weighted by molar-refractivity contribution is 0.116. The SMILES string of the molecule is Nc1cc2cc(-c3cn(Cc4ccc(-c5nnc(C(F)F)o5)c(F)c4)nn3)ccc2cn1. The first kappa shape index (κ1) is 19.7. The van der Waals surface area contributed by atoms with E-state index >= 15 is 0 Å². The van der Waals surface area contributed by atoms with Crippen LogP contribution in [-0.4, -0.2) is 30.2 Å². The van der Waals surface area contributed by atoms with Crippen LogP contribution < -0.4 is 5.73 Å². The van der Waals surface area contributed by atoms with E-state index in [2.05, 4.69) is 25.5 Å². The van der Waals surface area contributed by atoms with Crippen LogP contribution in [0.5, 0.6) is 0 Å². The van der Waals surface area contributed by atoms with Gasteiger partial charge in [0.05, 0.1) is 18.3 Å². The predicted molar refractivity (Wildman–Crippen MR) is 109 cm³/mol. The average molecular weight is 437 g/mol. The van der Waals surface area contributed by atoms with Crippen LogP contribution in [0.4, 0.5) is 19.0 Å². The summed E-state index contributed by atoms with van der Waals surface area (Å²) < 4.78 is 46.1. The van der Waals surface area contributed by atoms with Crippen LogP contribution in [0.1, 0.15) is 17.9 Å². The normalized spacial score (nSPS) is 11.5. The van der Waals surface area contributed by atoms with Crippen LogP contribution in [0.3, 0.4) is 0 Å². The molecule has 11 heteroatoms. The van der Waals surface area contributed by atoms with Crippen molar-refractivity contribution in [2.75, 3.05) is 5.73 Å². The van der Waals surface area contributed by atoms with Crippen molar-refractivity contribution in [1.82, 2.24) is 30.2 Å². The third-order valence-electron chi connectivity index (χ3n) is 4.81. The molecule has 5 aromatic rings. The van der Waals surface area contributed by atoms with Crippen LogP contribution in [0, 0.1) is 5.82 Å². The molecule has 160 valence electrons. The van der Waals surface area contributed by atoms with Gasteiger partial charge in [-0.2, -0.15) is 8.78 Å². The maximum absolute atomic E-state index is 14.5.